The lowest BCUT2D eigenvalue weighted by atomic mass is 9.89. The van der Waals surface area contributed by atoms with Gasteiger partial charge >= 0.3 is 0 Å². The number of aromatic amines is 2. The van der Waals surface area contributed by atoms with Crippen LogP contribution < -0.4 is 5.73 Å². The van der Waals surface area contributed by atoms with E-state index in [0.717, 1.165) is 38.0 Å². The summed E-state index contributed by atoms with van der Waals surface area (Å²) >= 11 is 0. The topological polar surface area (TPSA) is 104 Å². The Balaban J connectivity index is 1.34. The zero-order chi connectivity index (χ0) is 19.3. The summed E-state index contributed by atoms with van der Waals surface area (Å²) < 4.78 is 0. The van der Waals surface area contributed by atoms with Crippen molar-refractivity contribution in [1.29, 1.82) is 0 Å². The summed E-state index contributed by atoms with van der Waals surface area (Å²) in [5.74, 6) is 0.413. The van der Waals surface area contributed by atoms with Gasteiger partial charge in [0.15, 0.2) is 0 Å². The average molecular weight is 378 g/mol. The lowest BCUT2D eigenvalue weighted by Gasteiger charge is -2.33. The maximum atomic E-state index is 12.7. The molecule has 0 saturated carbocycles. The van der Waals surface area contributed by atoms with Gasteiger partial charge in [0, 0.05) is 49.4 Å². The van der Waals surface area contributed by atoms with Crippen LogP contribution in [-0.2, 0) is 17.6 Å². The Morgan fingerprint density at radius 1 is 1.21 bits per heavy atom. The standard InChI is InChI=1S/C21H26N6O/c22-19(11-18-13-23-14-24-18)21(28)27-8-6-16(7-9-27)20-17(12-25-26-20)10-15-4-2-1-3-5-15/h1-5,12-14,16,19H,6-11,22H2,(H,23,24)(H,25,26)/t19-/m0/s1. The summed E-state index contributed by atoms with van der Waals surface area (Å²) in [6.07, 6.45) is 8.46. The molecule has 0 bridgehead atoms. The first-order valence-corrected chi connectivity index (χ1v) is 9.78. The van der Waals surface area contributed by atoms with Gasteiger partial charge in [-0.2, -0.15) is 5.10 Å². The number of aromatic nitrogens is 4. The van der Waals surface area contributed by atoms with Crippen molar-refractivity contribution in [2.24, 2.45) is 5.73 Å². The van der Waals surface area contributed by atoms with Crippen LogP contribution in [0, 0.1) is 0 Å². The molecule has 1 aliphatic heterocycles. The van der Waals surface area contributed by atoms with E-state index in [2.05, 4.69) is 44.4 Å². The van der Waals surface area contributed by atoms with Gasteiger partial charge in [-0.1, -0.05) is 30.3 Å². The summed E-state index contributed by atoms with van der Waals surface area (Å²) in [6.45, 7) is 1.45. The number of amides is 1. The zero-order valence-corrected chi connectivity index (χ0v) is 15.8. The molecule has 0 aliphatic carbocycles. The van der Waals surface area contributed by atoms with Gasteiger partial charge in [-0.3, -0.25) is 9.89 Å². The van der Waals surface area contributed by atoms with Gasteiger partial charge in [0.05, 0.1) is 18.6 Å². The van der Waals surface area contributed by atoms with E-state index in [1.165, 1.54) is 16.8 Å². The Labute approximate surface area is 164 Å². The van der Waals surface area contributed by atoms with E-state index in [0.29, 0.717) is 12.3 Å². The van der Waals surface area contributed by atoms with Crippen molar-refractivity contribution in [3.05, 3.63) is 71.6 Å². The molecule has 7 nitrogen and oxygen atoms in total. The number of imidazole rings is 1. The number of nitrogens with one attached hydrogen (secondary N) is 2. The van der Waals surface area contributed by atoms with Crippen LogP contribution in [0.25, 0.3) is 0 Å². The third kappa shape index (κ3) is 4.14. The second kappa shape index (κ2) is 8.39. The van der Waals surface area contributed by atoms with Crippen LogP contribution in [0.3, 0.4) is 0 Å². The van der Waals surface area contributed by atoms with E-state index >= 15 is 0 Å². The van der Waals surface area contributed by atoms with Crippen molar-refractivity contribution >= 4 is 5.91 Å². The SMILES string of the molecule is N[C@@H](Cc1cnc[nH]1)C(=O)N1CCC(c2[nH]ncc2Cc2ccccc2)CC1. The number of rotatable bonds is 6. The molecule has 0 radical (unpaired) electrons. The quantitative estimate of drug-likeness (QED) is 0.610. The number of hydrogen-bond donors (Lipinski definition) is 3. The molecule has 3 aromatic rings. The molecule has 1 fully saturated rings. The lowest BCUT2D eigenvalue weighted by molar-refractivity contribution is -0.133. The highest BCUT2D eigenvalue weighted by molar-refractivity contribution is 5.82. The number of likely N-dealkylation sites (tertiary alicyclic amines) is 1. The minimum atomic E-state index is -0.530. The molecule has 1 saturated heterocycles. The number of nitrogens with two attached hydrogens (primary N) is 1. The molecule has 7 heteroatoms. The van der Waals surface area contributed by atoms with Crippen molar-refractivity contribution in [3.8, 4) is 0 Å². The van der Waals surface area contributed by atoms with Crippen molar-refractivity contribution in [3.63, 3.8) is 0 Å². The fourth-order valence-electron chi connectivity index (χ4n) is 3.97. The second-order valence-electron chi connectivity index (χ2n) is 7.46. The first-order valence-electron chi connectivity index (χ1n) is 9.78. The van der Waals surface area contributed by atoms with E-state index in [1.54, 1.807) is 12.5 Å². The normalized spacial score (nSPS) is 16.2. The summed E-state index contributed by atoms with van der Waals surface area (Å²) in [5.41, 5.74) is 10.7. The van der Waals surface area contributed by atoms with Crippen LogP contribution in [0.1, 0.15) is 41.3 Å². The molecule has 1 atom stereocenters. The molecule has 28 heavy (non-hydrogen) atoms. The molecule has 1 aromatic carbocycles. The Kier molecular flexibility index (Phi) is 5.53. The lowest BCUT2D eigenvalue weighted by Crippen LogP contribution is -2.47. The molecular formula is C21H26N6O. The molecule has 0 spiro atoms. The highest BCUT2D eigenvalue weighted by atomic mass is 16.2. The molecule has 4 rings (SSSR count). The number of nitrogens with zero attached hydrogens (tertiary/aromatic N) is 3. The molecule has 1 amide bonds. The van der Waals surface area contributed by atoms with E-state index in [4.69, 9.17) is 5.73 Å². The Hall–Kier alpha value is -2.93. The van der Waals surface area contributed by atoms with Gasteiger partial charge in [-0.05, 0) is 24.0 Å². The number of H-pyrrole nitrogens is 2. The smallest absolute Gasteiger partial charge is 0.239 e. The first kappa shape index (κ1) is 18.4. The number of carbonyl (C=O) groups is 1. The van der Waals surface area contributed by atoms with Crippen LogP contribution in [0.15, 0.2) is 49.1 Å². The van der Waals surface area contributed by atoms with Gasteiger partial charge in [0.1, 0.15) is 0 Å². The highest BCUT2D eigenvalue weighted by Crippen LogP contribution is 2.30. The Morgan fingerprint density at radius 2 is 2.00 bits per heavy atom. The Bertz CT molecular complexity index is 881. The third-order valence-corrected chi connectivity index (χ3v) is 5.52. The molecule has 0 unspecified atom stereocenters. The average Bonchev–Trinajstić information content (AvgIpc) is 3.40. The van der Waals surface area contributed by atoms with Crippen LogP contribution in [-0.4, -0.2) is 50.1 Å². The van der Waals surface area contributed by atoms with E-state index in [9.17, 15) is 4.79 Å². The molecule has 146 valence electrons. The minimum Gasteiger partial charge on any atom is -0.348 e. The maximum absolute atomic E-state index is 12.7. The van der Waals surface area contributed by atoms with Gasteiger partial charge in [-0.25, -0.2) is 4.98 Å². The molecule has 4 N–H and O–H groups in total. The van der Waals surface area contributed by atoms with Gasteiger partial charge < -0.3 is 15.6 Å². The number of hydrogen-bond acceptors (Lipinski definition) is 4. The van der Waals surface area contributed by atoms with Crippen LogP contribution in [0.2, 0.25) is 0 Å². The summed E-state index contributed by atoms with van der Waals surface area (Å²) in [6, 6.07) is 9.90. The number of benzene rings is 1. The van der Waals surface area contributed by atoms with Crippen molar-refractivity contribution in [2.45, 2.75) is 37.6 Å². The number of carbonyl (C=O) groups excluding carboxylic acids is 1. The van der Waals surface area contributed by atoms with Crippen LogP contribution in [0.4, 0.5) is 0 Å². The van der Waals surface area contributed by atoms with Crippen LogP contribution >= 0.6 is 0 Å². The second-order valence-corrected chi connectivity index (χ2v) is 7.46. The highest BCUT2D eigenvalue weighted by Gasteiger charge is 2.29. The summed E-state index contributed by atoms with van der Waals surface area (Å²) in [7, 11) is 0. The predicted octanol–water partition coefficient (Wildman–Crippen LogP) is 2.00. The zero-order valence-electron chi connectivity index (χ0n) is 15.8. The predicted molar refractivity (Wildman–Crippen MR) is 107 cm³/mol. The first-order chi connectivity index (χ1) is 13.7. The molecule has 2 aromatic heterocycles. The molecular weight excluding hydrogens is 352 g/mol. The van der Waals surface area contributed by atoms with E-state index in [1.807, 2.05) is 17.2 Å². The minimum absolute atomic E-state index is 0.0159. The molecule has 1 aliphatic rings. The summed E-state index contributed by atoms with van der Waals surface area (Å²) in [5, 5.41) is 7.49. The van der Waals surface area contributed by atoms with Crippen LogP contribution in [0.5, 0.6) is 0 Å². The van der Waals surface area contributed by atoms with E-state index in [-0.39, 0.29) is 5.91 Å². The van der Waals surface area contributed by atoms with Gasteiger partial charge in [-0.15, -0.1) is 0 Å². The van der Waals surface area contributed by atoms with Crippen molar-refractivity contribution in [1.82, 2.24) is 25.1 Å². The monoisotopic (exact) mass is 378 g/mol. The fourth-order valence-corrected chi connectivity index (χ4v) is 3.97. The van der Waals surface area contributed by atoms with Gasteiger partial charge in [0.2, 0.25) is 5.91 Å². The van der Waals surface area contributed by atoms with Crippen molar-refractivity contribution in [2.75, 3.05) is 13.1 Å². The fraction of sp³-hybridized carbons (Fsp3) is 0.381. The Morgan fingerprint density at radius 3 is 2.71 bits per heavy atom. The summed E-state index contributed by atoms with van der Waals surface area (Å²) in [4.78, 5) is 21.5. The van der Waals surface area contributed by atoms with Gasteiger partial charge in [0.25, 0.3) is 0 Å². The van der Waals surface area contributed by atoms with Crippen molar-refractivity contribution < 1.29 is 4.79 Å². The van der Waals surface area contributed by atoms with E-state index < -0.39 is 6.04 Å². The third-order valence-electron chi connectivity index (χ3n) is 5.52. The number of piperidine rings is 1. The maximum Gasteiger partial charge on any atom is 0.239 e. The largest absolute Gasteiger partial charge is 0.348 e. The molecule has 3 heterocycles.